The van der Waals surface area contributed by atoms with Gasteiger partial charge in [0.25, 0.3) is 0 Å². The molecule has 0 radical (unpaired) electrons. The van der Waals surface area contributed by atoms with E-state index in [2.05, 4.69) is 5.32 Å². The first-order valence-electron chi connectivity index (χ1n) is 6.39. The molecule has 0 fully saturated rings. The van der Waals surface area contributed by atoms with E-state index >= 15 is 0 Å². The van der Waals surface area contributed by atoms with Crippen LogP contribution in [0.5, 0.6) is 5.75 Å². The van der Waals surface area contributed by atoms with Crippen LogP contribution in [0.4, 0.5) is 0 Å². The van der Waals surface area contributed by atoms with Crippen LogP contribution in [0.3, 0.4) is 0 Å². The van der Waals surface area contributed by atoms with E-state index < -0.39 is 21.5 Å². The third kappa shape index (κ3) is 3.56. The van der Waals surface area contributed by atoms with Gasteiger partial charge in [-0.2, -0.15) is 5.26 Å². The highest BCUT2D eigenvalue weighted by atomic mass is 32.2. The fraction of sp³-hybridized carbons (Fsp3) is 0.286. The Morgan fingerprint density at radius 3 is 2.68 bits per heavy atom. The smallest absolute Gasteiger partial charge is 0.242 e. The van der Waals surface area contributed by atoms with Crippen molar-refractivity contribution < 1.29 is 22.7 Å². The number of benzene rings is 1. The number of methoxy groups -OCH3 is 1. The van der Waals surface area contributed by atoms with E-state index in [1.807, 2.05) is 6.07 Å². The van der Waals surface area contributed by atoms with Crippen LogP contribution in [0.1, 0.15) is 6.42 Å². The molecule has 1 aromatic rings. The van der Waals surface area contributed by atoms with Crippen molar-refractivity contribution in [2.75, 3.05) is 19.5 Å². The predicted octanol–water partition coefficient (Wildman–Crippen LogP) is 0.741. The number of nitrogens with zero attached hydrogens (tertiary/aromatic N) is 1. The van der Waals surface area contributed by atoms with Gasteiger partial charge in [0.05, 0.1) is 24.2 Å². The van der Waals surface area contributed by atoms with Crippen molar-refractivity contribution in [2.45, 2.75) is 11.3 Å². The van der Waals surface area contributed by atoms with E-state index in [1.54, 1.807) is 0 Å². The Bertz CT molecular complexity index is 744. The number of ether oxygens (including phenoxy) is 2. The minimum Gasteiger partial charge on any atom is -0.497 e. The Morgan fingerprint density at radius 1 is 1.41 bits per heavy atom. The minimum absolute atomic E-state index is 0.0188. The Morgan fingerprint density at radius 2 is 2.09 bits per heavy atom. The monoisotopic (exact) mass is 322 g/mol. The summed E-state index contributed by atoms with van der Waals surface area (Å²) in [6.07, 6.45) is 0.400. The van der Waals surface area contributed by atoms with Gasteiger partial charge in [0.1, 0.15) is 17.6 Å². The van der Waals surface area contributed by atoms with E-state index in [-0.39, 0.29) is 10.8 Å². The second-order valence-corrected chi connectivity index (χ2v) is 6.49. The normalized spacial score (nSPS) is 14.2. The molecule has 7 nitrogen and oxygen atoms in total. The molecule has 1 aliphatic rings. The average molecular weight is 322 g/mol. The second kappa shape index (κ2) is 6.49. The molecule has 0 aromatic heterocycles. The Balaban J connectivity index is 2.08. The summed E-state index contributed by atoms with van der Waals surface area (Å²) in [5, 5.41) is 11.2. The molecule has 0 atom stereocenters. The third-order valence-electron chi connectivity index (χ3n) is 3.00. The molecule has 1 heterocycles. The van der Waals surface area contributed by atoms with Crippen LogP contribution in [0, 0.1) is 11.3 Å². The number of amides is 1. The number of carbonyl (C=O) groups is 1. The number of nitriles is 1. The average Bonchev–Trinajstić information content (AvgIpc) is 2.93. The standard InChI is InChI=1S/C14H14N2O5S/c1-20-11-2-4-12(5-3-11)22(18,19)9-13(17)16-14-10(8-15)6-7-21-14/h2-5H,6-7,9H2,1H3,(H,16,17). The summed E-state index contributed by atoms with van der Waals surface area (Å²) in [5.74, 6) is -0.922. The lowest BCUT2D eigenvalue weighted by atomic mass is 10.2. The topological polar surface area (TPSA) is 105 Å². The molecule has 1 aliphatic heterocycles. The molecule has 2 rings (SSSR count). The number of hydrogen-bond donors (Lipinski definition) is 1. The lowest BCUT2D eigenvalue weighted by Gasteiger charge is -2.08. The van der Waals surface area contributed by atoms with Gasteiger partial charge in [-0.15, -0.1) is 0 Å². The van der Waals surface area contributed by atoms with Crippen molar-refractivity contribution in [3.8, 4) is 11.8 Å². The maximum atomic E-state index is 12.1. The summed E-state index contributed by atoms with van der Waals surface area (Å²) in [6.45, 7) is 0.295. The number of carbonyl (C=O) groups excluding carboxylic acids is 1. The van der Waals surface area contributed by atoms with Crippen LogP contribution < -0.4 is 10.1 Å². The summed E-state index contributed by atoms with van der Waals surface area (Å²) in [5.41, 5.74) is 0.301. The first-order valence-corrected chi connectivity index (χ1v) is 8.04. The van der Waals surface area contributed by atoms with Gasteiger partial charge in [0.2, 0.25) is 11.8 Å². The van der Waals surface area contributed by atoms with Crippen LogP contribution in [0.15, 0.2) is 40.6 Å². The second-order valence-electron chi connectivity index (χ2n) is 4.50. The van der Waals surface area contributed by atoms with Crippen molar-refractivity contribution >= 4 is 15.7 Å². The Kier molecular flexibility index (Phi) is 4.68. The number of hydrogen-bond acceptors (Lipinski definition) is 6. The summed E-state index contributed by atoms with van der Waals surface area (Å²) in [7, 11) is -2.31. The van der Waals surface area contributed by atoms with Gasteiger partial charge in [-0.3, -0.25) is 10.1 Å². The van der Waals surface area contributed by atoms with E-state index in [0.717, 1.165) is 0 Å². The van der Waals surface area contributed by atoms with E-state index in [9.17, 15) is 13.2 Å². The van der Waals surface area contributed by atoms with Gasteiger partial charge in [0, 0.05) is 6.42 Å². The van der Waals surface area contributed by atoms with Gasteiger partial charge in [-0.1, -0.05) is 0 Å². The third-order valence-corrected chi connectivity index (χ3v) is 4.63. The SMILES string of the molecule is COc1ccc(S(=O)(=O)CC(=O)NC2=C(C#N)CCO2)cc1. The summed E-state index contributed by atoms with van der Waals surface area (Å²) in [6, 6.07) is 7.64. The highest BCUT2D eigenvalue weighted by molar-refractivity contribution is 7.92. The quantitative estimate of drug-likeness (QED) is 0.857. The molecule has 0 unspecified atom stereocenters. The van der Waals surface area contributed by atoms with E-state index in [4.69, 9.17) is 14.7 Å². The Labute approximate surface area is 128 Å². The molecule has 0 saturated carbocycles. The minimum atomic E-state index is -3.78. The molecule has 0 saturated heterocycles. The largest absolute Gasteiger partial charge is 0.497 e. The fourth-order valence-corrected chi connectivity index (χ4v) is 3.01. The van der Waals surface area contributed by atoms with Crippen LogP contribution in [-0.2, 0) is 19.4 Å². The van der Waals surface area contributed by atoms with Gasteiger partial charge in [-0.25, -0.2) is 8.42 Å². The zero-order chi connectivity index (χ0) is 16.2. The summed E-state index contributed by atoms with van der Waals surface area (Å²) in [4.78, 5) is 11.9. The zero-order valence-electron chi connectivity index (χ0n) is 11.8. The summed E-state index contributed by atoms with van der Waals surface area (Å²) >= 11 is 0. The molecular weight excluding hydrogens is 308 g/mol. The Hall–Kier alpha value is -2.53. The van der Waals surface area contributed by atoms with Crippen molar-refractivity contribution in [3.05, 3.63) is 35.7 Å². The van der Waals surface area contributed by atoms with E-state index in [0.29, 0.717) is 24.4 Å². The van der Waals surface area contributed by atoms with Crippen molar-refractivity contribution in [3.63, 3.8) is 0 Å². The molecule has 8 heteroatoms. The fourth-order valence-electron chi connectivity index (χ4n) is 1.88. The van der Waals surface area contributed by atoms with Crippen LogP contribution >= 0.6 is 0 Å². The van der Waals surface area contributed by atoms with Gasteiger partial charge >= 0.3 is 0 Å². The molecule has 1 aromatic carbocycles. The molecule has 1 amide bonds. The van der Waals surface area contributed by atoms with Crippen molar-refractivity contribution in [1.29, 1.82) is 5.26 Å². The number of nitrogens with one attached hydrogen (secondary N) is 1. The highest BCUT2D eigenvalue weighted by Crippen LogP contribution is 2.18. The molecule has 0 aliphatic carbocycles. The number of sulfone groups is 1. The molecular formula is C14H14N2O5S. The van der Waals surface area contributed by atoms with Crippen molar-refractivity contribution in [2.24, 2.45) is 0 Å². The van der Waals surface area contributed by atoms with E-state index in [1.165, 1.54) is 31.4 Å². The summed E-state index contributed by atoms with van der Waals surface area (Å²) < 4.78 is 34.3. The predicted molar refractivity (Wildman–Crippen MR) is 76.4 cm³/mol. The van der Waals surface area contributed by atoms with Crippen molar-refractivity contribution in [1.82, 2.24) is 5.32 Å². The zero-order valence-corrected chi connectivity index (χ0v) is 12.6. The highest BCUT2D eigenvalue weighted by Gasteiger charge is 2.23. The van der Waals surface area contributed by atoms with Crippen LogP contribution in [-0.4, -0.2) is 33.8 Å². The maximum absolute atomic E-state index is 12.1. The van der Waals surface area contributed by atoms with Gasteiger partial charge < -0.3 is 9.47 Å². The first kappa shape index (κ1) is 15.9. The molecule has 0 spiro atoms. The molecule has 0 bridgehead atoms. The van der Waals surface area contributed by atoms with Gasteiger partial charge in [-0.05, 0) is 24.3 Å². The van der Waals surface area contributed by atoms with Crippen LogP contribution in [0.25, 0.3) is 0 Å². The molecule has 116 valence electrons. The molecule has 1 N–H and O–H groups in total. The van der Waals surface area contributed by atoms with Gasteiger partial charge in [0.15, 0.2) is 9.84 Å². The van der Waals surface area contributed by atoms with Crippen LogP contribution in [0.2, 0.25) is 0 Å². The molecule has 22 heavy (non-hydrogen) atoms. The first-order chi connectivity index (χ1) is 10.5. The lowest BCUT2D eigenvalue weighted by molar-refractivity contribution is -0.118. The number of rotatable bonds is 5. The maximum Gasteiger partial charge on any atom is 0.242 e. The lowest BCUT2D eigenvalue weighted by Crippen LogP contribution is -2.30.